The molecule has 1 unspecified atom stereocenters. The van der Waals surface area contributed by atoms with E-state index >= 15 is 0 Å². The number of nitrogens with zero attached hydrogens (tertiary/aromatic N) is 1. The Kier molecular flexibility index (Phi) is 4.13. The minimum absolute atomic E-state index is 0.0950. The van der Waals surface area contributed by atoms with Gasteiger partial charge in [0.2, 0.25) is 0 Å². The third kappa shape index (κ3) is 5.36. The molecule has 0 aliphatic heterocycles. The van der Waals surface area contributed by atoms with Crippen LogP contribution >= 0.6 is 8.25 Å². The monoisotopic (exact) mass is 151 g/mol. The minimum Gasteiger partial charge on any atom is -0.326 e. The van der Waals surface area contributed by atoms with Gasteiger partial charge in [0.15, 0.2) is 0 Å². The van der Waals surface area contributed by atoms with Crippen LogP contribution in [0.15, 0.2) is 17.5 Å². The lowest BCUT2D eigenvalue weighted by Gasteiger charge is -1.93. The Bertz CT molecular complexity index is 145. The van der Waals surface area contributed by atoms with E-state index in [1.165, 1.54) is 0 Å². The smallest absolute Gasteiger partial charge is 0.316 e. The molecule has 0 rings (SSSR count). The fourth-order valence-corrected chi connectivity index (χ4v) is 0.461. The molecule has 0 aliphatic rings. The van der Waals surface area contributed by atoms with E-state index in [-0.39, 0.29) is 12.3 Å². The van der Waals surface area contributed by atoms with E-state index in [1.54, 1.807) is 0 Å². The molecule has 52 valence electrons. The Hall–Kier alpha value is -0.510. The lowest BCUT2D eigenvalue weighted by atomic mass is 10.6. The van der Waals surface area contributed by atoms with Crippen LogP contribution in [0.4, 0.5) is 0 Å². The van der Waals surface area contributed by atoms with Crippen LogP contribution in [-0.4, -0.2) is 11.5 Å². The zero-order valence-corrected chi connectivity index (χ0v) is 5.53. The van der Waals surface area contributed by atoms with E-state index in [0.717, 1.165) is 0 Å². The number of nitroso groups, excluding NO2 is 1. The average Bonchev–Trinajstić information content (AvgIpc) is 1.83. The van der Waals surface area contributed by atoms with Gasteiger partial charge in [0.05, 0.1) is 0 Å². The summed E-state index contributed by atoms with van der Waals surface area (Å²) in [4.78, 5) is 17.6. The molecule has 0 bridgehead atoms. The van der Waals surface area contributed by atoms with Crippen LogP contribution in [-0.2, 0) is 9.09 Å². The molecule has 0 saturated carbocycles. The molecule has 0 fully saturated rings. The molecule has 0 amide bonds. The molecule has 0 aromatic heterocycles. The standard InChI is InChI=1S/C3H6NO4P/c1-3(4-5)2-8-9(6)7/h9H,1-2H2,(H,6,7). The Balaban J connectivity index is 3.39. The van der Waals surface area contributed by atoms with Gasteiger partial charge in [-0.25, -0.2) is 0 Å². The highest BCUT2D eigenvalue weighted by Gasteiger charge is 1.94. The quantitative estimate of drug-likeness (QED) is 0.473. The van der Waals surface area contributed by atoms with Crippen molar-refractivity contribution in [2.45, 2.75) is 0 Å². The summed E-state index contributed by atoms with van der Waals surface area (Å²) in [6, 6.07) is 0. The van der Waals surface area contributed by atoms with Crippen molar-refractivity contribution >= 4 is 8.25 Å². The molecule has 1 N–H and O–H groups in total. The van der Waals surface area contributed by atoms with Crippen molar-refractivity contribution < 1.29 is 14.0 Å². The van der Waals surface area contributed by atoms with Gasteiger partial charge >= 0.3 is 8.25 Å². The van der Waals surface area contributed by atoms with Crippen LogP contribution in [0, 0.1) is 4.91 Å². The van der Waals surface area contributed by atoms with Gasteiger partial charge in [-0.1, -0.05) is 6.58 Å². The second-order valence-electron chi connectivity index (χ2n) is 1.21. The zero-order valence-electron chi connectivity index (χ0n) is 4.53. The van der Waals surface area contributed by atoms with Gasteiger partial charge in [0, 0.05) is 0 Å². The second-order valence-corrected chi connectivity index (χ2v) is 2.03. The van der Waals surface area contributed by atoms with Crippen molar-refractivity contribution in [2.75, 3.05) is 6.61 Å². The molecule has 6 heteroatoms. The molecule has 0 spiro atoms. The van der Waals surface area contributed by atoms with E-state index in [9.17, 15) is 9.47 Å². The van der Waals surface area contributed by atoms with Crippen molar-refractivity contribution in [1.29, 1.82) is 0 Å². The Morgan fingerprint density at radius 1 is 1.89 bits per heavy atom. The molecule has 0 aliphatic carbocycles. The average molecular weight is 151 g/mol. The summed E-state index contributed by atoms with van der Waals surface area (Å²) in [7, 11) is -2.95. The van der Waals surface area contributed by atoms with Crippen LogP contribution < -0.4 is 0 Å². The summed E-state index contributed by atoms with van der Waals surface area (Å²) < 4.78 is 13.9. The van der Waals surface area contributed by atoms with Gasteiger partial charge in [-0.3, -0.25) is 4.57 Å². The van der Waals surface area contributed by atoms with Gasteiger partial charge in [-0.15, -0.1) is 4.91 Å². The van der Waals surface area contributed by atoms with Gasteiger partial charge < -0.3 is 9.42 Å². The molecular weight excluding hydrogens is 145 g/mol. The fraction of sp³-hybridized carbons (Fsp3) is 0.333. The van der Waals surface area contributed by atoms with Gasteiger partial charge in [-0.2, -0.15) is 0 Å². The summed E-state index contributed by atoms with van der Waals surface area (Å²) in [5, 5.41) is 2.36. The number of rotatable bonds is 4. The summed E-state index contributed by atoms with van der Waals surface area (Å²) in [5.74, 6) is 0. The van der Waals surface area contributed by atoms with Gasteiger partial charge in [0.1, 0.15) is 12.3 Å². The lowest BCUT2D eigenvalue weighted by Crippen LogP contribution is -1.85. The topological polar surface area (TPSA) is 76.0 Å². The molecule has 0 saturated heterocycles. The molecule has 5 nitrogen and oxygen atoms in total. The van der Waals surface area contributed by atoms with Crippen LogP contribution in [0.25, 0.3) is 0 Å². The third-order valence-corrected chi connectivity index (χ3v) is 0.883. The molecule has 0 heterocycles. The Labute approximate surface area is 52.3 Å². The molecule has 0 radical (unpaired) electrons. The predicted octanol–water partition coefficient (Wildman–Crippen LogP) is 0.665. The first kappa shape index (κ1) is 8.49. The first-order valence-corrected chi connectivity index (χ1v) is 3.30. The first-order chi connectivity index (χ1) is 4.16. The highest BCUT2D eigenvalue weighted by atomic mass is 31.1. The largest absolute Gasteiger partial charge is 0.326 e. The summed E-state index contributed by atoms with van der Waals surface area (Å²) in [5.41, 5.74) is -0.0950. The molecule has 0 aromatic carbocycles. The molecule has 9 heavy (non-hydrogen) atoms. The normalized spacial score (nSPS) is 12.6. The highest BCUT2D eigenvalue weighted by Crippen LogP contribution is 2.15. The Morgan fingerprint density at radius 2 is 2.44 bits per heavy atom. The SMILES string of the molecule is C=C(CO[PH](=O)O)N=O. The summed E-state index contributed by atoms with van der Waals surface area (Å²) in [6.07, 6.45) is 0. The highest BCUT2D eigenvalue weighted by molar-refractivity contribution is 7.32. The van der Waals surface area contributed by atoms with Crippen molar-refractivity contribution in [1.82, 2.24) is 0 Å². The fourth-order valence-electron chi connectivity index (χ4n) is 0.171. The Morgan fingerprint density at radius 3 is 2.78 bits per heavy atom. The molecular formula is C3H6NO4P. The van der Waals surface area contributed by atoms with Crippen LogP contribution in [0.1, 0.15) is 0 Å². The number of hydrogen-bond acceptors (Lipinski definition) is 4. The second kappa shape index (κ2) is 4.38. The predicted molar refractivity (Wildman–Crippen MR) is 32.1 cm³/mol. The van der Waals surface area contributed by atoms with E-state index in [4.69, 9.17) is 4.89 Å². The van der Waals surface area contributed by atoms with Crippen molar-refractivity contribution in [2.24, 2.45) is 5.18 Å². The van der Waals surface area contributed by atoms with Gasteiger partial charge in [0.25, 0.3) is 0 Å². The maximum atomic E-state index is 9.80. The first-order valence-electron chi connectivity index (χ1n) is 2.03. The summed E-state index contributed by atoms with van der Waals surface area (Å²) in [6.45, 7) is 2.83. The van der Waals surface area contributed by atoms with Crippen LogP contribution in [0.5, 0.6) is 0 Å². The number of hydrogen-bond donors (Lipinski definition) is 1. The lowest BCUT2D eigenvalue weighted by molar-refractivity contribution is 0.305. The van der Waals surface area contributed by atoms with E-state index < -0.39 is 8.25 Å². The van der Waals surface area contributed by atoms with E-state index in [2.05, 4.69) is 16.3 Å². The molecule has 0 aromatic rings. The third-order valence-electron chi connectivity index (χ3n) is 0.491. The van der Waals surface area contributed by atoms with Crippen LogP contribution in [0.3, 0.4) is 0 Å². The minimum atomic E-state index is -2.95. The zero-order chi connectivity index (χ0) is 7.28. The maximum absolute atomic E-state index is 9.80. The van der Waals surface area contributed by atoms with Crippen molar-refractivity contribution in [3.05, 3.63) is 17.2 Å². The van der Waals surface area contributed by atoms with E-state index in [1.807, 2.05) is 0 Å². The van der Waals surface area contributed by atoms with Crippen LogP contribution in [0.2, 0.25) is 0 Å². The van der Waals surface area contributed by atoms with Crippen molar-refractivity contribution in [3.8, 4) is 0 Å². The van der Waals surface area contributed by atoms with Crippen molar-refractivity contribution in [3.63, 3.8) is 0 Å². The maximum Gasteiger partial charge on any atom is 0.316 e. The molecule has 1 atom stereocenters. The summed E-state index contributed by atoms with van der Waals surface area (Å²) >= 11 is 0. The van der Waals surface area contributed by atoms with Gasteiger partial charge in [-0.05, 0) is 5.18 Å². The van der Waals surface area contributed by atoms with E-state index in [0.29, 0.717) is 0 Å².